The van der Waals surface area contributed by atoms with Gasteiger partial charge in [-0.3, -0.25) is 0 Å². The second-order valence-electron chi connectivity index (χ2n) is 6.26. The lowest BCUT2D eigenvalue weighted by Gasteiger charge is -2.05. The largest absolute Gasteiger partial charge is 0.494 e. The summed E-state index contributed by atoms with van der Waals surface area (Å²) in [6.07, 6.45) is 4.20. The Morgan fingerprint density at radius 2 is 1.32 bits per heavy atom. The lowest BCUT2D eigenvalue weighted by molar-refractivity contribution is 0.306. The number of rotatable bonds is 6. The van der Waals surface area contributed by atoms with Crippen molar-refractivity contribution in [3.63, 3.8) is 0 Å². The second-order valence-corrected chi connectivity index (χ2v) is 6.26. The Kier molecular flexibility index (Phi) is 8.83. The van der Waals surface area contributed by atoms with E-state index in [-0.39, 0.29) is 0 Å². The van der Waals surface area contributed by atoms with Crippen LogP contribution in [0.4, 0.5) is 8.78 Å². The molecule has 0 radical (unpaired) electrons. The minimum Gasteiger partial charge on any atom is -0.494 e. The SMILES string of the molecule is CCCCCOc1ccc(C#C/C(F)=C(\F)C#Cc2ccc(CC)cc2)cc1. The van der Waals surface area contributed by atoms with Crippen LogP contribution in [0.15, 0.2) is 60.2 Å². The Morgan fingerprint density at radius 1 is 0.786 bits per heavy atom. The lowest BCUT2D eigenvalue weighted by Crippen LogP contribution is -1.96. The standard InChI is InChI=1S/C25H24F2O/c1-3-5-6-19-28-23-15-11-22(12-16-23)14-18-25(27)24(26)17-13-21-9-7-20(4-2)8-10-21/h7-12,15-16H,3-6,19H2,1-2H3/b25-24+. The monoisotopic (exact) mass is 378 g/mol. The molecule has 0 amide bonds. The van der Waals surface area contributed by atoms with Crippen LogP contribution < -0.4 is 4.74 Å². The Bertz CT molecular complexity index is 901. The molecular weight excluding hydrogens is 354 g/mol. The highest BCUT2D eigenvalue weighted by Gasteiger charge is 2.00. The fourth-order valence-electron chi connectivity index (χ4n) is 2.36. The van der Waals surface area contributed by atoms with Gasteiger partial charge in [0.2, 0.25) is 11.7 Å². The quantitative estimate of drug-likeness (QED) is 0.419. The van der Waals surface area contributed by atoms with Crippen LogP contribution in [0.25, 0.3) is 0 Å². The first-order valence-electron chi connectivity index (χ1n) is 9.53. The van der Waals surface area contributed by atoms with Gasteiger partial charge in [0.15, 0.2) is 0 Å². The van der Waals surface area contributed by atoms with Gasteiger partial charge in [-0.25, -0.2) is 0 Å². The van der Waals surface area contributed by atoms with E-state index in [0.717, 1.165) is 37.0 Å². The third-order valence-electron chi connectivity index (χ3n) is 4.06. The molecule has 1 nitrogen and oxygen atoms in total. The zero-order valence-electron chi connectivity index (χ0n) is 16.3. The van der Waals surface area contributed by atoms with Crippen LogP contribution >= 0.6 is 0 Å². The summed E-state index contributed by atoms with van der Waals surface area (Å²) in [6, 6.07) is 14.4. The van der Waals surface area contributed by atoms with Gasteiger partial charge in [-0.05, 0) is 66.6 Å². The molecule has 144 valence electrons. The van der Waals surface area contributed by atoms with E-state index in [2.05, 4.69) is 30.6 Å². The number of unbranched alkanes of at least 4 members (excludes halogenated alkanes) is 2. The van der Waals surface area contributed by atoms with Gasteiger partial charge in [0, 0.05) is 11.1 Å². The van der Waals surface area contributed by atoms with Crippen molar-refractivity contribution in [1.29, 1.82) is 0 Å². The van der Waals surface area contributed by atoms with Crippen LogP contribution in [0, 0.1) is 23.7 Å². The molecule has 0 saturated carbocycles. The Balaban J connectivity index is 1.98. The number of halogens is 2. The zero-order chi connectivity index (χ0) is 20.2. The van der Waals surface area contributed by atoms with Crippen LogP contribution in [0.2, 0.25) is 0 Å². The van der Waals surface area contributed by atoms with Crippen molar-refractivity contribution in [2.75, 3.05) is 6.61 Å². The summed E-state index contributed by atoms with van der Waals surface area (Å²) < 4.78 is 33.2. The van der Waals surface area contributed by atoms with Crippen molar-refractivity contribution in [3.8, 4) is 29.4 Å². The Morgan fingerprint density at radius 3 is 1.82 bits per heavy atom. The summed E-state index contributed by atoms with van der Waals surface area (Å²) in [4.78, 5) is 0. The van der Waals surface area contributed by atoms with Crippen LogP contribution in [-0.4, -0.2) is 6.61 Å². The van der Waals surface area contributed by atoms with Gasteiger partial charge in [0.05, 0.1) is 6.61 Å². The summed E-state index contributed by atoms with van der Waals surface area (Å²) in [5, 5.41) is 0. The average Bonchev–Trinajstić information content (AvgIpc) is 2.74. The minimum atomic E-state index is -1.17. The maximum absolute atomic E-state index is 13.8. The normalized spacial score (nSPS) is 10.9. The van der Waals surface area contributed by atoms with Crippen molar-refractivity contribution in [2.24, 2.45) is 0 Å². The predicted molar refractivity (Wildman–Crippen MR) is 110 cm³/mol. The summed E-state index contributed by atoms with van der Waals surface area (Å²) in [6.45, 7) is 4.85. The first-order valence-corrected chi connectivity index (χ1v) is 9.53. The van der Waals surface area contributed by atoms with E-state index >= 15 is 0 Å². The predicted octanol–water partition coefficient (Wildman–Crippen LogP) is 6.37. The fraction of sp³-hybridized carbons (Fsp3) is 0.280. The number of aryl methyl sites for hydroxylation is 1. The smallest absolute Gasteiger partial charge is 0.217 e. The van der Waals surface area contributed by atoms with Crippen LogP contribution in [0.5, 0.6) is 5.75 Å². The fourth-order valence-corrected chi connectivity index (χ4v) is 2.36. The molecule has 0 aliphatic rings. The summed E-state index contributed by atoms with van der Waals surface area (Å²) in [7, 11) is 0. The van der Waals surface area contributed by atoms with Gasteiger partial charge in [-0.1, -0.05) is 50.7 Å². The lowest BCUT2D eigenvalue weighted by atomic mass is 10.1. The minimum absolute atomic E-state index is 0.576. The molecule has 0 fully saturated rings. The molecule has 3 heteroatoms. The van der Waals surface area contributed by atoms with Gasteiger partial charge in [0.1, 0.15) is 5.75 Å². The molecule has 0 aliphatic heterocycles. The van der Waals surface area contributed by atoms with E-state index in [0.29, 0.717) is 17.7 Å². The molecular formula is C25H24F2O. The topological polar surface area (TPSA) is 9.23 Å². The van der Waals surface area contributed by atoms with E-state index in [4.69, 9.17) is 4.74 Å². The third kappa shape index (κ3) is 7.29. The van der Waals surface area contributed by atoms with Crippen LogP contribution in [0.3, 0.4) is 0 Å². The number of allylic oxidation sites excluding steroid dienone is 2. The van der Waals surface area contributed by atoms with Crippen molar-refractivity contribution < 1.29 is 13.5 Å². The van der Waals surface area contributed by atoms with Crippen LogP contribution in [0.1, 0.15) is 49.8 Å². The third-order valence-corrected chi connectivity index (χ3v) is 4.06. The molecule has 2 aromatic carbocycles. The van der Waals surface area contributed by atoms with E-state index in [9.17, 15) is 8.78 Å². The van der Waals surface area contributed by atoms with E-state index in [1.54, 1.807) is 36.4 Å². The van der Waals surface area contributed by atoms with Crippen molar-refractivity contribution in [3.05, 3.63) is 76.9 Å². The van der Waals surface area contributed by atoms with E-state index in [1.165, 1.54) is 0 Å². The zero-order valence-corrected chi connectivity index (χ0v) is 16.3. The summed E-state index contributed by atoms with van der Waals surface area (Å²) in [5.74, 6) is 7.96. The highest BCUT2D eigenvalue weighted by atomic mass is 19.2. The van der Waals surface area contributed by atoms with Gasteiger partial charge in [-0.15, -0.1) is 0 Å². The molecule has 0 bridgehead atoms. The highest BCUT2D eigenvalue weighted by molar-refractivity contribution is 5.46. The molecule has 0 aliphatic carbocycles. The molecule has 0 saturated heterocycles. The molecule has 28 heavy (non-hydrogen) atoms. The van der Waals surface area contributed by atoms with Crippen molar-refractivity contribution in [2.45, 2.75) is 39.5 Å². The van der Waals surface area contributed by atoms with Gasteiger partial charge >= 0.3 is 0 Å². The molecule has 0 spiro atoms. The van der Waals surface area contributed by atoms with E-state index < -0.39 is 11.7 Å². The molecule has 0 N–H and O–H groups in total. The second kappa shape index (κ2) is 11.6. The average molecular weight is 378 g/mol. The number of hydrogen-bond acceptors (Lipinski definition) is 1. The van der Waals surface area contributed by atoms with E-state index in [1.807, 2.05) is 19.1 Å². The first-order chi connectivity index (χ1) is 13.6. The maximum atomic E-state index is 13.8. The summed E-state index contributed by atoms with van der Waals surface area (Å²) in [5.41, 5.74) is 2.37. The Labute approximate surface area is 166 Å². The van der Waals surface area contributed by atoms with Crippen LogP contribution in [-0.2, 0) is 6.42 Å². The molecule has 0 atom stereocenters. The molecule has 0 heterocycles. The Hall–Kier alpha value is -3.04. The van der Waals surface area contributed by atoms with Crippen molar-refractivity contribution >= 4 is 0 Å². The number of ether oxygens (including phenoxy) is 1. The van der Waals surface area contributed by atoms with Crippen molar-refractivity contribution in [1.82, 2.24) is 0 Å². The van der Waals surface area contributed by atoms with Gasteiger partial charge < -0.3 is 4.74 Å². The number of benzene rings is 2. The summed E-state index contributed by atoms with van der Waals surface area (Å²) >= 11 is 0. The van der Waals surface area contributed by atoms with Gasteiger partial charge in [-0.2, -0.15) is 8.78 Å². The maximum Gasteiger partial charge on any atom is 0.217 e. The van der Waals surface area contributed by atoms with Gasteiger partial charge in [0.25, 0.3) is 0 Å². The number of hydrogen-bond donors (Lipinski definition) is 0. The molecule has 2 rings (SSSR count). The molecule has 2 aromatic rings. The molecule has 0 unspecified atom stereocenters. The first kappa shape index (κ1) is 21.3. The molecule has 0 aromatic heterocycles. The highest BCUT2D eigenvalue weighted by Crippen LogP contribution is 2.13.